The Labute approximate surface area is 241 Å². The zero-order valence-electron chi connectivity index (χ0n) is 23.2. The zero-order chi connectivity index (χ0) is 29.2. The molecule has 10 heteroatoms. The van der Waals surface area contributed by atoms with Gasteiger partial charge in [-0.2, -0.15) is 4.31 Å². The molecule has 1 saturated heterocycles. The van der Waals surface area contributed by atoms with E-state index < -0.39 is 21.9 Å². The molecule has 3 aromatic rings. The minimum absolute atomic E-state index is 0.0914. The van der Waals surface area contributed by atoms with Crippen molar-refractivity contribution in [3.8, 4) is 0 Å². The molecule has 0 aromatic heterocycles. The first-order chi connectivity index (χ1) is 19.8. The molecule has 1 aliphatic rings. The van der Waals surface area contributed by atoms with E-state index in [4.69, 9.17) is 4.74 Å². The van der Waals surface area contributed by atoms with E-state index in [0.29, 0.717) is 37.2 Å². The summed E-state index contributed by atoms with van der Waals surface area (Å²) in [5.41, 5.74) is 2.14. The Hall–Kier alpha value is -3.60. The summed E-state index contributed by atoms with van der Waals surface area (Å²) >= 11 is 0. The highest BCUT2D eigenvalue weighted by molar-refractivity contribution is 7.89. The van der Waals surface area contributed by atoms with Crippen molar-refractivity contribution in [3.05, 3.63) is 101 Å². The Morgan fingerprint density at radius 1 is 0.951 bits per heavy atom. The lowest BCUT2D eigenvalue weighted by atomic mass is 10.0. The number of hydrogen-bond donors (Lipinski definition) is 1. The smallest absolute Gasteiger partial charge is 0.247 e. The normalized spacial score (nSPS) is 14.5. The first-order valence-corrected chi connectivity index (χ1v) is 15.2. The second-order valence-electron chi connectivity index (χ2n) is 10.0. The van der Waals surface area contributed by atoms with Crippen molar-refractivity contribution in [3.63, 3.8) is 0 Å². The second kappa shape index (κ2) is 14.3. The zero-order valence-corrected chi connectivity index (χ0v) is 24.0. The van der Waals surface area contributed by atoms with Crippen molar-refractivity contribution in [1.29, 1.82) is 0 Å². The van der Waals surface area contributed by atoms with Crippen LogP contribution in [-0.2, 0) is 37.3 Å². The minimum Gasteiger partial charge on any atom is -0.383 e. The van der Waals surface area contributed by atoms with Gasteiger partial charge in [-0.05, 0) is 60.2 Å². The fraction of sp³-hybridized carbons (Fsp3) is 0.355. The van der Waals surface area contributed by atoms with E-state index in [1.807, 2.05) is 18.2 Å². The first kappa shape index (κ1) is 30.4. The van der Waals surface area contributed by atoms with E-state index in [1.54, 1.807) is 55.6 Å². The highest BCUT2D eigenvalue weighted by Crippen LogP contribution is 2.26. The van der Waals surface area contributed by atoms with Crippen molar-refractivity contribution >= 4 is 21.8 Å². The van der Waals surface area contributed by atoms with Crippen LogP contribution < -0.4 is 5.32 Å². The Morgan fingerprint density at radius 3 is 2.22 bits per heavy atom. The maximum absolute atomic E-state index is 13.8. The highest BCUT2D eigenvalue weighted by atomic mass is 32.2. The Bertz CT molecular complexity index is 1390. The molecule has 0 saturated carbocycles. The van der Waals surface area contributed by atoms with E-state index in [2.05, 4.69) is 5.32 Å². The fourth-order valence-electron chi connectivity index (χ4n) is 4.89. The van der Waals surface area contributed by atoms with Gasteiger partial charge >= 0.3 is 0 Å². The number of sulfonamides is 1. The lowest BCUT2D eigenvalue weighted by molar-refractivity contribution is -0.141. The second-order valence-corrected chi connectivity index (χ2v) is 11.9. The van der Waals surface area contributed by atoms with Gasteiger partial charge in [0.25, 0.3) is 0 Å². The number of hydrogen-bond acceptors (Lipinski definition) is 5. The number of halogens is 1. The SMILES string of the molecule is COCCNC(=O)[C@@H](c1ccccc1)N(Cc1ccc(F)cc1)C(=O)CCc1ccc(S(=O)(=O)N2CCCC2)cc1. The van der Waals surface area contributed by atoms with E-state index in [1.165, 1.54) is 21.3 Å². The summed E-state index contributed by atoms with van der Waals surface area (Å²) < 4.78 is 45.9. The van der Waals surface area contributed by atoms with Gasteiger partial charge in [-0.3, -0.25) is 9.59 Å². The fourth-order valence-corrected chi connectivity index (χ4v) is 6.41. The van der Waals surface area contributed by atoms with Crippen molar-refractivity contribution in [1.82, 2.24) is 14.5 Å². The van der Waals surface area contributed by atoms with Crippen LogP contribution in [0.5, 0.6) is 0 Å². The van der Waals surface area contributed by atoms with Gasteiger partial charge in [0.1, 0.15) is 11.9 Å². The molecule has 0 spiro atoms. The number of aryl methyl sites for hydroxylation is 1. The van der Waals surface area contributed by atoms with Gasteiger partial charge < -0.3 is 15.0 Å². The van der Waals surface area contributed by atoms with E-state index in [0.717, 1.165) is 18.4 Å². The summed E-state index contributed by atoms with van der Waals surface area (Å²) in [4.78, 5) is 29.0. The lowest BCUT2D eigenvalue weighted by Crippen LogP contribution is -2.44. The van der Waals surface area contributed by atoms with Gasteiger partial charge in [-0.15, -0.1) is 0 Å². The summed E-state index contributed by atoms with van der Waals surface area (Å²) in [5, 5.41) is 2.85. The van der Waals surface area contributed by atoms with Gasteiger partial charge in [-0.1, -0.05) is 54.6 Å². The molecule has 0 bridgehead atoms. The predicted molar refractivity (Wildman–Crippen MR) is 154 cm³/mol. The summed E-state index contributed by atoms with van der Waals surface area (Å²) in [6.07, 6.45) is 2.17. The van der Waals surface area contributed by atoms with Crippen LogP contribution >= 0.6 is 0 Å². The molecule has 41 heavy (non-hydrogen) atoms. The molecule has 1 fully saturated rings. The van der Waals surface area contributed by atoms with E-state index >= 15 is 0 Å². The maximum Gasteiger partial charge on any atom is 0.247 e. The van der Waals surface area contributed by atoms with Crippen LogP contribution in [-0.4, -0.2) is 62.8 Å². The lowest BCUT2D eigenvalue weighted by Gasteiger charge is -2.32. The molecular weight excluding hydrogens is 545 g/mol. The number of nitrogens with zero attached hydrogens (tertiary/aromatic N) is 2. The number of nitrogens with one attached hydrogen (secondary N) is 1. The average Bonchev–Trinajstić information content (AvgIpc) is 3.54. The third kappa shape index (κ3) is 8.00. The molecule has 1 N–H and O–H groups in total. The molecule has 8 nitrogen and oxygen atoms in total. The Kier molecular flexibility index (Phi) is 10.6. The van der Waals surface area contributed by atoms with Crippen LogP contribution in [0.4, 0.5) is 4.39 Å². The molecule has 0 unspecified atom stereocenters. The topological polar surface area (TPSA) is 96.0 Å². The third-order valence-electron chi connectivity index (χ3n) is 7.12. The van der Waals surface area contributed by atoms with Crippen LogP contribution in [0, 0.1) is 5.82 Å². The van der Waals surface area contributed by atoms with Crippen molar-refractivity contribution in [2.45, 2.75) is 43.2 Å². The van der Waals surface area contributed by atoms with Crippen LogP contribution in [0.1, 0.15) is 42.0 Å². The molecule has 0 aliphatic carbocycles. The number of rotatable bonds is 13. The highest BCUT2D eigenvalue weighted by Gasteiger charge is 2.31. The first-order valence-electron chi connectivity index (χ1n) is 13.7. The number of benzene rings is 3. The van der Waals surface area contributed by atoms with E-state index in [-0.39, 0.29) is 36.2 Å². The number of carbonyl (C=O) groups is 2. The summed E-state index contributed by atoms with van der Waals surface area (Å²) in [5.74, 6) is -1.00. The van der Waals surface area contributed by atoms with Crippen molar-refractivity contribution in [2.75, 3.05) is 33.4 Å². The van der Waals surface area contributed by atoms with Gasteiger partial charge in [-0.25, -0.2) is 12.8 Å². The maximum atomic E-state index is 13.8. The molecule has 2 amide bonds. The van der Waals surface area contributed by atoms with Crippen LogP contribution in [0.15, 0.2) is 83.8 Å². The third-order valence-corrected chi connectivity index (χ3v) is 9.03. The monoisotopic (exact) mass is 581 g/mol. The van der Waals surface area contributed by atoms with Crippen LogP contribution in [0.2, 0.25) is 0 Å². The summed E-state index contributed by atoms with van der Waals surface area (Å²) in [6.45, 7) is 1.77. The molecule has 1 atom stereocenters. The van der Waals surface area contributed by atoms with Crippen LogP contribution in [0.25, 0.3) is 0 Å². The number of amides is 2. The predicted octanol–water partition coefficient (Wildman–Crippen LogP) is 4.08. The molecule has 218 valence electrons. The largest absolute Gasteiger partial charge is 0.383 e. The number of ether oxygens (including phenoxy) is 1. The average molecular weight is 582 g/mol. The number of methoxy groups -OCH3 is 1. The quantitative estimate of drug-likeness (QED) is 0.307. The molecule has 3 aromatic carbocycles. The standard InChI is InChI=1S/C31H36FN3O5S/c1-40-22-19-33-31(37)30(26-7-3-2-4-8-26)35(23-25-9-14-27(32)15-10-25)29(36)18-13-24-11-16-28(17-12-24)41(38,39)34-20-5-6-21-34/h2-4,7-12,14-17,30H,5-6,13,18-23H2,1H3,(H,33,37)/t30-/m1/s1. The molecule has 0 radical (unpaired) electrons. The summed E-state index contributed by atoms with van der Waals surface area (Å²) in [7, 11) is -1.98. The van der Waals surface area contributed by atoms with Gasteiger partial charge in [0.2, 0.25) is 21.8 Å². The minimum atomic E-state index is -3.52. The molecule has 1 aliphatic heterocycles. The molecule has 4 rings (SSSR count). The van der Waals surface area contributed by atoms with Crippen molar-refractivity contribution < 1.29 is 27.1 Å². The molecule has 1 heterocycles. The van der Waals surface area contributed by atoms with E-state index in [9.17, 15) is 22.4 Å². The Morgan fingerprint density at radius 2 is 1.59 bits per heavy atom. The van der Waals surface area contributed by atoms with Gasteiger partial charge in [0.15, 0.2) is 0 Å². The van der Waals surface area contributed by atoms with Gasteiger partial charge in [0, 0.05) is 39.7 Å². The number of carbonyl (C=O) groups excluding carboxylic acids is 2. The van der Waals surface area contributed by atoms with Crippen molar-refractivity contribution in [2.24, 2.45) is 0 Å². The van der Waals surface area contributed by atoms with Crippen LogP contribution in [0.3, 0.4) is 0 Å². The Balaban J connectivity index is 1.55. The molecular formula is C31H36FN3O5S. The summed E-state index contributed by atoms with van der Waals surface area (Å²) in [6, 6.07) is 20.6. The van der Waals surface area contributed by atoms with Gasteiger partial charge in [0.05, 0.1) is 11.5 Å².